The Morgan fingerprint density at radius 1 is 1.08 bits per heavy atom. The Kier molecular flexibility index (Phi) is 5.82. The van der Waals surface area contributed by atoms with Crippen LogP contribution in [0.15, 0.2) is 24.3 Å². The van der Waals surface area contributed by atoms with E-state index >= 15 is 0 Å². The van der Waals surface area contributed by atoms with E-state index < -0.39 is 0 Å². The summed E-state index contributed by atoms with van der Waals surface area (Å²) in [5.41, 5.74) is 2.00. The molecule has 2 aliphatic heterocycles. The minimum absolute atomic E-state index is 0.0655. The van der Waals surface area contributed by atoms with Crippen molar-refractivity contribution in [3.63, 3.8) is 0 Å². The average molecular weight is 330 g/mol. The zero-order valence-electron chi connectivity index (χ0n) is 14.1. The Labute approximate surface area is 143 Å². The van der Waals surface area contributed by atoms with Gasteiger partial charge in [0.2, 0.25) is 11.8 Å². The maximum atomic E-state index is 12.1. The van der Waals surface area contributed by atoms with E-state index in [1.807, 2.05) is 29.2 Å². The van der Waals surface area contributed by atoms with E-state index in [0.717, 1.165) is 56.8 Å². The van der Waals surface area contributed by atoms with Gasteiger partial charge in [-0.1, -0.05) is 12.1 Å². The van der Waals surface area contributed by atoms with Crippen LogP contribution in [-0.4, -0.2) is 56.0 Å². The summed E-state index contributed by atoms with van der Waals surface area (Å²) in [5, 5.41) is 6.32. The number of carbonyl (C=O) groups is 2. The highest BCUT2D eigenvalue weighted by molar-refractivity contribution is 5.95. The lowest BCUT2D eigenvalue weighted by atomic mass is 10.2. The van der Waals surface area contributed by atoms with E-state index in [-0.39, 0.29) is 11.8 Å². The molecule has 0 radical (unpaired) electrons. The molecule has 2 aliphatic rings. The number of hydrogen-bond donors (Lipinski definition) is 2. The molecule has 0 spiro atoms. The van der Waals surface area contributed by atoms with E-state index in [9.17, 15) is 9.59 Å². The fourth-order valence-corrected chi connectivity index (χ4v) is 3.23. The van der Waals surface area contributed by atoms with E-state index in [0.29, 0.717) is 19.5 Å². The lowest BCUT2D eigenvalue weighted by Crippen LogP contribution is -2.38. The number of nitrogens with one attached hydrogen (secondary N) is 2. The molecule has 0 aliphatic carbocycles. The predicted molar refractivity (Wildman–Crippen MR) is 93.8 cm³/mol. The monoisotopic (exact) mass is 330 g/mol. The Morgan fingerprint density at radius 3 is 2.67 bits per heavy atom. The standard InChI is InChI=1S/C18H26N4O2/c23-17(14-21-10-2-8-19-9-12-21)20-13-15-4-6-16(7-5-15)22-11-1-3-18(22)24/h4-7,19H,1-3,8-14H2,(H,20,23). The molecule has 2 amide bonds. The summed E-state index contributed by atoms with van der Waals surface area (Å²) in [4.78, 5) is 27.9. The average Bonchev–Trinajstić information content (AvgIpc) is 2.86. The number of carbonyl (C=O) groups excluding carboxylic acids is 2. The van der Waals surface area contributed by atoms with Gasteiger partial charge >= 0.3 is 0 Å². The normalized spacial score (nSPS) is 19.3. The fraction of sp³-hybridized carbons (Fsp3) is 0.556. The minimum Gasteiger partial charge on any atom is -0.351 e. The van der Waals surface area contributed by atoms with Crippen molar-refractivity contribution in [3.8, 4) is 0 Å². The molecule has 2 heterocycles. The molecule has 2 saturated heterocycles. The van der Waals surface area contributed by atoms with E-state index in [4.69, 9.17) is 0 Å². The molecule has 0 bridgehead atoms. The van der Waals surface area contributed by atoms with Crippen molar-refractivity contribution >= 4 is 17.5 Å². The van der Waals surface area contributed by atoms with E-state index in [1.54, 1.807) is 0 Å². The van der Waals surface area contributed by atoms with Crippen LogP contribution >= 0.6 is 0 Å². The molecule has 0 atom stereocenters. The van der Waals surface area contributed by atoms with Crippen molar-refractivity contribution in [2.45, 2.75) is 25.8 Å². The molecular weight excluding hydrogens is 304 g/mol. The largest absolute Gasteiger partial charge is 0.351 e. The SMILES string of the molecule is O=C(CN1CCCNCC1)NCc1ccc(N2CCCC2=O)cc1. The first kappa shape index (κ1) is 16.9. The molecule has 1 aromatic carbocycles. The fourth-order valence-electron chi connectivity index (χ4n) is 3.23. The summed E-state index contributed by atoms with van der Waals surface area (Å²) < 4.78 is 0. The third-order valence-corrected chi connectivity index (χ3v) is 4.61. The van der Waals surface area contributed by atoms with Gasteiger partial charge in [0.05, 0.1) is 6.54 Å². The minimum atomic E-state index is 0.0655. The van der Waals surface area contributed by atoms with E-state index in [1.165, 1.54) is 0 Å². The maximum Gasteiger partial charge on any atom is 0.234 e. The molecule has 2 N–H and O–H groups in total. The second kappa shape index (κ2) is 8.26. The van der Waals surface area contributed by atoms with Crippen molar-refractivity contribution in [3.05, 3.63) is 29.8 Å². The topological polar surface area (TPSA) is 64.7 Å². The first-order valence-corrected chi connectivity index (χ1v) is 8.81. The zero-order chi connectivity index (χ0) is 16.8. The molecule has 1 aromatic rings. The number of hydrogen-bond acceptors (Lipinski definition) is 4. The van der Waals surface area contributed by atoms with Gasteiger partial charge in [-0.15, -0.1) is 0 Å². The first-order chi connectivity index (χ1) is 11.7. The summed E-state index contributed by atoms with van der Waals surface area (Å²) in [6.45, 7) is 5.67. The molecule has 24 heavy (non-hydrogen) atoms. The van der Waals surface area contributed by atoms with Crippen LogP contribution in [0.4, 0.5) is 5.69 Å². The summed E-state index contributed by atoms with van der Waals surface area (Å²) in [7, 11) is 0. The van der Waals surface area contributed by atoms with Gasteiger partial charge in [0.15, 0.2) is 0 Å². The van der Waals surface area contributed by atoms with Gasteiger partial charge in [-0.3, -0.25) is 14.5 Å². The molecular formula is C18H26N4O2. The first-order valence-electron chi connectivity index (χ1n) is 8.81. The van der Waals surface area contributed by atoms with Crippen molar-refractivity contribution in [1.29, 1.82) is 0 Å². The second-order valence-electron chi connectivity index (χ2n) is 6.47. The quantitative estimate of drug-likeness (QED) is 0.835. The molecule has 6 nitrogen and oxygen atoms in total. The number of amides is 2. The maximum absolute atomic E-state index is 12.1. The molecule has 0 saturated carbocycles. The van der Waals surface area contributed by atoms with Gasteiger partial charge < -0.3 is 15.5 Å². The van der Waals surface area contributed by atoms with Crippen LogP contribution in [-0.2, 0) is 16.1 Å². The van der Waals surface area contributed by atoms with Gasteiger partial charge in [0, 0.05) is 38.3 Å². The summed E-state index contributed by atoms with van der Waals surface area (Å²) in [5.74, 6) is 0.263. The number of anilines is 1. The van der Waals surface area contributed by atoms with E-state index in [2.05, 4.69) is 15.5 Å². The molecule has 2 fully saturated rings. The van der Waals surface area contributed by atoms with Crippen molar-refractivity contribution in [2.24, 2.45) is 0 Å². The highest BCUT2D eigenvalue weighted by Gasteiger charge is 2.21. The lowest BCUT2D eigenvalue weighted by Gasteiger charge is -2.19. The van der Waals surface area contributed by atoms with Gasteiger partial charge in [-0.05, 0) is 43.6 Å². The van der Waals surface area contributed by atoms with Crippen molar-refractivity contribution < 1.29 is 9.59 Å². The Morgan fingerprint density at radius 2 is 1.92 bits per heavy atom. The summed E-state index contributed by atoms with van der Waals surface area (Å²) in [6, 6.07) is 7.89. The number of rotatable bonds is 5. The van der Waals surface area contributed by atoms with Gasteiger partial charge in [0.25, 0.3) is 0 Å². The van der Waals surface area contributed by atoms with Crippen LogP contribution in [0.3, 0.4) is 0 Å². The van der Waals surface area contributed by atoms with Crippen molar-refractivity contribution in [2.75, 3.05) is 44.2 Å². The van der Waals surface area contributed by atoms with Gasteiger partial charge in [-0.25, -0.2) is 0 Å². The third-order valence-electron chi connectivity index (χ3n) is 4.61. The summed E-state index contributed by atoms with van der Waals surface area (Å²) >= 11 is 0. The summed E-state index contributed by atoms with van der Waals surface area (Å²) in [6.07, 6.45) is 2.66. The van der Waals surface area contributed by atoms with Crippen LogP contribution in [0.25, 0.3) is 0 Å². The van der Waals surface area contributed by atoms with Gasteiger partial charge in [0.1, 0.15) is 0 Å². The Hall–Kier alpha value is -1.92. The van der Waals surface area contributed by atoms with Crippen LogP contribution in [0.2, 0.25) is 0 Å². The van der Waals surface area contributed by atoms with Crippen LogP contribution in [0, 0.1) is 0 Å². The Balaban J connectivity index is 1.45. The van der Waals surface area contributed by atoms with Crippen LogP contribution in [0.1, 0.15) is 24.8 Å². The zero-order valence-corrected chi connectivity index (χ0v) is 14.1. The van der Waals surface area contributed by atoms with Crippen LogP contribution < -0.4 is 15.5 Å². The van der Waals surface area contributed by atoms with Crippen molar-refractivity contribution in [1.82, 2.24) is 15.5 Å². The number of nitrogens with zero attached hydrogens (tertiary/aromatic N) is 2. The molecule has 0 aromatic heterocycles. The predicted octanol–water partition coefficient (Wildman–Crippen LogP) is 0.725. The molecule has 6 heteroatoms. The lowest BCUT2D eigenvalue weighted by molar-refractivity contribution is -0.122. The third kappa shape index (κ3) is 4.55. The number of benzene rings is 1. The van der Waals surface area contributed by atoms with Crippen LogP contribution in [0.5, 0.6) is 0 Å². The smallest absolute Gasteiger partial charge is 0.234 e. The molecule has 130 valence electrons. The second-order valence-corrected chi connectivity index (χ2v) is 6.47. The molecule has 3 rings (SSSR count). The highest BCUT2D eigenvalue weighted by atomic mass is 16.2. The molecule has 0 unspecified atom stereocenters. The Bertz CT molecular complexity index is 565. The van der Waals surface area contributed by atoms with Gasteiger partial charge in [-0.2, -0.15) is 0 Å². The highest BCUT2D eigenvalue weighted by Crippen LogP contribution is 2.21.